The van der Waals surface area contributed by atoms with E-state index in [1.54, 1.807) is 24.3 Å². The zero-order valence-corrected chi connectivity index (χ0v) is 11.0. The smallest absolute Gasteiger partial charge is 0.251 e. The maximum atomic E-state index is 11.7. The van der Waals surface area contributed by atoms with Gasteiger partial charge in [0, 0.05) is 24.2 Å². The van der Waals surface area contributed by atoms with E-state index in [1.807, 2.05) is 13.8 Å². The lowest BCUT2D eigenvalue weighted by atomic mass is 10.2. The molecule has 0 saturated carbocycles. The van der Waals surface area contributed by atoms with Crippen LogP contribution in [0.2, 0.25) is 0 Å². The average Bonchev–Trinajstić information content (AvgIpc) is 2.36. The lowest BCUT2D eigenvalue weighted by molar-refractivity contribution is -0.116. The topological polar surface area (TPSA) is 58.2 Å². The van der Waals surface area contributed by atoms with E-state index in [1.165, 1.54) is 0 Å². The van der Waals surface area contributed by atoms with Crippen LogP contribution in [0.3, 0.4) is 0 Å². The van der Waals surface area contributed by atoms with Crippen molar-refractivity contribution in [3.8, 4) is 0 Å². The van der Waals surface area contributed by atoms with E-state index in [-0.39, 0.29) is 11.8 Å². The fourth-order valence-electron chi connectivity index (χ4n) is 1.53. The summed E-state index contributed by atoms with van der Waals surface area (Å²) in [6.45, 7) is 4.61. The monoisotopic (exact) mass is 248 g/mol. The van der Waals surface area contributed by atoms with Crippen LogP contribution in [0.1, 0.15) is 43.5 Å². The summed E-state index contributed by atoms with van der Waals surface area (Å²) in [4.78, 5) is 23.2. The number of anilines is 1. The predicted octanol–water partition coefficient (Wildman–Crippen LogP) is 2.57. The van der Waals surface area contributed by atoms with Crippen LogP contribution in [-0.2, 0) is 4.79 Å². The number of benzene rings is 1. The molecule has 0 bridgehead atoms. The van der Waals surface area contributed by atoms with Crippen molar-refractivity contribution in [2.75, 3.05) is 11.9 Å². The van der Waals surface area contributed by atoms with Gasteiger partial charge in [-0.2, -0.15) is 0 Å². The Morgan fingerprint density at radius 3 is 2.61 bits per heavy atom. The summed E-state index contributed by atoms with van der Waals surface area (Å²) in [5.41, 5.74) is 1.23. The molecule has 0 radical (unpaired) electrons. The van der Waals surface area contributed by atoms with Crippen molar-refractivity contribution in [2.45, 2.75) is 33.1 Å². The van der Waals surface area contributed by atoms with Gasteiger partial charge in [0.2, 0.25) is 5.91 Å². The number of carbonyl (C=O) groups excluding carboxylic acids is 2. The third-order valence-electron chi connectivity index (χ3n) is 2.42. The van der Waals surface area contributed by atoms with Crippen LogP contribution in [0, 0.1) is 0 Å². The van der Waals surface area contributed by atoms with Crippen molar-refractivity contribution in [2.24, 2.45) is 0 Å². The zero-order chi connectivity index (χ0) is 13.4. The Hall–Kier alpha value is -1.84. The van der Waals surface area contributed by atoms with E-state index in [4.69, 9.17) is 0 Å². The fraction of sp³-hybridized carbons (Fsp3) is 0.429. The number of rotatable bonds is 6. The van der Waals surface area contributed by atoms with E-state index < -0.39 is 0 Å². The van der Waals surface area contributed by atoms with Crippen LogP contribution in [0.5, 0.6) is 0 Å². The van der Waals surface area contributed by atoms with Gasteiger partial charge in [0.25, 0.3) is 5.91 Å². The largest absolute Gasteiger partial charge is 0.352 e. The summed E-state index contributed by atoms with van der Waals surface area (Å²) in [7, 11) is 0. The number of nitrogens with one attached hydrogen (secondary N) is 2. The number of hydrogen-bond acceptors (Lipinski definition) is 2. The van der Waals surface area contributed by atoms with Crippen LogP contribution in [0.25, 0.3) is 0 Å². The fourth-order valence-corrected chi connectivity index (χ4v) is 1.53. The second-order valence-electron chi connectivity index (χ2n) is 4.13. The summed E-state index contributed by atoms with van der Waals surface area (Å²) in [6.07, 6.45) is 2.20. The number of hydrogen-bond donors (Lipinski definition) is 2. The first-order valence-electron chi connectivity index (χ1n) is 6.35. The van der Waals surface area contributed by atoms with E-state index in [2.05, 4.69) is 10.6 Å². The van der Waals surface area contributed by atoms with Crippen molar-refractivity contribution in [3.63, 3.8) is 0 Å². The molecule has 0 fully saturated rings. The minimum absolute atomic E-state index is 0.0244. The van der Waals surface area contributed by atoms with Gasteiger partial charge in [-0.1, -0.05) is 19.9 Å². The minimum Gasteiger partial charge on any atom is -0.352 e. The maximum absolute atomic E-state index is 11.7. The van der Waals surface area contributed by atoms with E-state index >= 15 is 0 Å². The summed E-state index contributed by atoms with van der Waals surface area (Å²) in [5.74, 6) is -0.132. The van der Waals surface area contributed by atoms with Crippen molar-refractivity contribution < 1.29 is 9.59 Å². The Kier molecular flexibility index (Phi) is 5.91. The molecule has 98 valence electrons. The molecule has 0 unspecified atom stereocenters. The van der Waals surface area contributed by atoms with Gasteiger partial charge in [-0.3, -0.25) is 9.59 Å². The number of amides is 2. The second kappa shape index (κ2) is 7.48. The third-order valence-corrected chi connectivity index (χ3v) is 2.42. The van der Waals surface area contributed by atoms with Crippen molar-refractivity contribution in [1.29, 1.82) is 0 Å². The summed E-state index contributed by atoms with van der Waals surface area (Å²) in [6, 6.07) is 6.98. The van der Waals surface area contributed by atoms with Gasteiger partial charge in [0.1, 0.15) is 0 Å². The molecule has 0 spiro atoms. The zero-order valence-electron chi connectivity index (χ0n) is 11.0. The highest BCUT2D eigenvalue weighted by atomic mass is 16.2. The molecule has 0 aliphatic rings. The van der Waals surface area contributed by atoms with Crippen molar-refractivity contribution >= 4 is 17.5 Å². The summed E-state index contributed by atoms with van der Waals surface area (Å²) in [5, 5.41) is 5.58. The molecule has 0 heterocycles. The van der Waals surface area contributed by atoms with E-state index in [0.717, 1.165) is 12.8 Å². The van der Waals surface area contributed by atoms with Gasteiger partial charge in [-0.05, 0) is 31.0 Å². The quantitative estimate of drug-likeness (QED) is 0.813. The summed E-state index contributed by atoms with van der Waals surface area (Å²) < 4.78 is 0. The lowest BCUT2D eigenvalue weighted by Crippen LogP contribution is -2.24. The second-order valence-corrected chi connectivity index (χ2v) is 4.13. The van der Waals surface area contributed by atoms with Gasteiger partial charge < -0.3 is 10.6 Å². The van der Waals surface area contributed by atoms with Gasteiger partial charge in [0.05, 0.1) is 0 Å². The molecule has 4 heteroatoms. The Morgan fingerprint density at radius 1 is 1.17 bits per heavy atom. The SMILES string of the molecule is CCCNC(=O)c1cccc(NC(=O)CCC)c1. The predicted molar refractivity (Wildman–Crippen MR) is 72.6 cm³/mol. The normalized spacial score (nSPS) is 9.89. The molecule has 4 nitrogen and oxygen atoms in total. The van der Waals surface area contributed by atoms with Gasteiger partial charge in [-0.15, -0.1) is 0 Å². The van der Waals surface area contributed by atoms with Crippen LogP contribution in [0.4, 0.5) is 5.69 Å². The molecule has 1 aromatic rings. The molecule has 0 aromatic heterocycles. The van der Waals surface area contributed by atoms with Crippen molar-refractivity contribution in [3.05, 3.63) is 29.8 Å². The summed E-state index contributed by atoms with van der Waals surface area (Å²) >= 11 is 0. The van der Waals surface area contributed by atoms with Crippen LogP contribution in [-0.4, -0.2) is 18.4 Å². The lowest BCUT2D eigenvalue weighted by Gasteiger charge is -2.07. The first kappa shape index (κ1) is 14.2. The molecule has 0 atom stereocenters. The van der Waals surface area contributed by atoms with Crippen LogP contribution >= 0.6 is 0 Å². The first-order valence-corrected chi connectivity index (χ1v) is 6.35. The highest BCUT2D eigenvalue weighted by molar-refractivity contribution is 5.97. The molecule has 2 N–H and O–H groups in total. The van der Waals surface area contributed by atoms with E-state index in [9.17, 15) is 9.59 Å². The third kappa shape index (κ3) is 4.57. The molecule has 18 heavy (non-hydrogen) atoms. The van der Waals surface area contributed by atoms with Gasteiger partial charge in [-0.25, -0.2) is 0 Å². The molecule has 2 amide bonds. The molecule has 0 saturated heterocycles. The van der Waals surface area contributed by atoms with Gasteiger partial charge >= 0.3 is 0 Å². The van der Waals surface area contributed by atoms with Crippen LogP contribution < -0.4 is 10.6 Å². The molecule has 0 aliphatic carbocycles. The highest BCUT2D eigenvalue weighted by Gasteiger charge is 2.06. The molecule has 1 rings (SSSR count). The first-order chi connectivity index (χ1) is 8.67. The van der Waals surface area contributed by atoms with Crippen molar-refractivity contribution in [1.82, 2.24) is 5.32 Å². The molecule has 0 aliphatic heterocycles. The standard InChI is InChI=1S/C14H20N2O2/c1-3-6-13(17)16-12-8-5-7-11(10-12)14(18)15-9-4-2/h5,7-8,10H,3-4,6,9H2,1-2H3,(H,15,18)(H,16,17). The Bertz CT molecular complexity index is 416. The van der Waals surface area contributed by atoms with E-state index in [0.29, 0.717) is 24.2 Å². The Labute approximate surface area is 108 Å². The molecular weight excluding hydrogens is 228 g/mol. The molecule has 1 aromatic carbocycles. The Morgan fingerprint density at radius 2 is 1.94 bits per heavy atom. The Balaban J connectivity index is 2.67. The van der Waals surface area contributed by atoms with Gasteiger partial charge in [0.15, 0.2) is 0 Å². The number of carbonyl (C=O) groups is 2. The highest BCUT2D eigenvalue weighted by Crippen LogP contribution is 2.11. The maximum Gasteiger partial charge on any atom is 0.251 e. The average molecular weight is 248 g/mol. The minimum atomic E-state index is -0.108. The van der Waals surface area contributed by atoms with Crippen LogP contribution in [0.15, 0.2) is 24.3 Å². The molecular formula is C14H20N2O2.